The first-order valence-corrected chi connectivity index (χ1v) is 8.51. The zero-order chi connectivity index (χ0) is 17.6. The third-order valence-corrected chi connectivity index (χ3v) is 4.23. The lowest BCUT2D eigenvalue weighted by atomic mass is 10.2. The highest BCUT2D eigenvalue weighted by Gasteiger charge is 2.00. The predicted molar refractivity (Wildman–Crippen MR) is 106 cm³/mol. The summed E-state index contributed by atoms with van der Waals surface area (Å²) in [5, 5.41) is 5.84. The molecule has 0 amide bonds. The lowest BCUT2D eigenvalue weighted by Crippen LogP contribution is -1.91. The Morgan fingerprint density at radius 1 is 0.800 bits per heavy atom. The van der Waals surface area contributed by atoms with Crippen LogP contribution in [0.3, 0.4) is 0 Å². The number of rotatable bonds is 5. The van der Waals surface area contributed by atoms with Crippen LogP contribution in [0.15, 0.2) is 71.8 Å². The van der Waals surface area contributed by atoms with Crippen LogP contribution < -0.4 is 10.2 Å². The van der Waals surface area contributed by atoms with Gasteiger partial charge in [-0.05, 0) is 60.2 Å². The zero-order valence-electron chi connectivity index (χ0n) is 12.9. The molecule has 3 rings (SSSR count). The van der Waals surface area contributed by atoms with Crippen LogP contribution in [0.4, 0.5) is 5.69 Å². The Morgan fingerprint density at radius 3 is 2.36 bits per heavy atom. The maximum absolute atomic E-state index is 5.97. The SMILES string of the molecule is Clc1ccc(Oc2cccc(C=NNc3ccc(Cl)c(Cl)c3)c2)cc1. The molecule has 0 aliphatic rings. The second-order valence-electron chi connectivity index (χ2n) is 5.13. The summed E-state index contributed by atoms with van der Waals surface area (Å²) in [4.78, 5) is 0. The number of benzene rings is 3. The molecule has 3 aromatic rings. The molecule has 0 spiro atoms. The molecule has 126 valence electrons. The van der Waals surface area contributed by atoms with Gasteiger partial charge in [0, 0.05) is 5.02 Å². The van der Waals surface area contributed by atoms with Gasteiger partial charge in [0.05, 0.1) is 21.9 Å². The van der Waals surface area contributed by atoms with E-state index in [1.807, 2.05) is 36.4 Å². The van der Waals surface area contributed by atoms with Crippen molar-refractivity contribution in [2.75, 3.05) is 5.43 Å². The van der Waals surface area contributed by atoms with Crippen LogP contribution in [0.2, 0.25) is 15.1 Å². The number of hydrazone groups is 1. The Bertz CT molecular complexity index is 895. The predicted octanol–water partition coefficient (Wildman–Crippen LogP) is 6.89. The quantitative estimate of drug-likeness (QED) is 0.379. The molecule has 0 aliphatic heterocycles. The average molecular weight is 392 g/mol. The van der Waals surface area contributed by atoms with Crippen molar-refractivity contribution in [2.24, 2.45) is 5.10 Å². The fraction of sp³-hybridized carbons (Fsp3) is 0. The summed E-state index contributed by atoms with van der Waals surface area (Å²) in [6.07, 6.45) is 1.69. The van der Waals surface area contributed by atoms with Crippen LogP contribution in [0.5, 0.6) is 11.5 Å². The third-order valence-electron chi connectivity index (χ3n) is 3.23. The number of hydrogen-bond acceptors (Lipinski definition) is 3. The number of nitrogens with one attached hydrogen (secondary N) is 1. The fourth-order valence-corrected chi connectivity index (χ4v) is 2.47. The van der Waals surface area contributed by atoms with Crippen LogP contribution in [0.25, 0.3) is 0 Å². The van der Waals surface area contributed by atoms with E-state index in [2.05, 4.69) is 10.5 Å². The zero-order valence-corrected chi connectivity index (χ0v) is 15.2. The molecule has 0 radical (unpaired) electrons. The van der Waals surface area contributed by atoms with Crippen LogP contribution in [0.1, 0.15) is 5.56 Å². The summed E-state index contributed by atoms with van der Waals surface area (Å²) in [5.74, 6) is 1.42. The summed E-state index contributed by atoms with van der Waals surface area (Å²) >= 11 is 17.7. The van der Waals surface area contributed by atoms with Crippen molar-refractivity contribution < 1.29 is 4.74 Å². The first-order valence-electron chi connectivity index (χ1n) is 7.38. The maximum Gasteiger partial charge on any atom is 0.128 e. The highest BCUT2D eigenvalue weighted by Crippen LogP contribution is 2.25. The smallest absolute Gasteiger partial charge is 0.128 e. The molecule has 0 aromatic heterocycles. The minimum atomic E-state index is 0.472. The van der Waals surface area contributed by atoms with Crippen LogP contribution in [0, 0.1) is 0 Å². The van der Waals surface area contributed by atoms with Gasteiger partial charge in [0.25, 0.3) is 0 Å². The van der Waals surface area contributed by atoms with Crippen LogP contribution in [-0.4, -0.2) is 6.21 Å². The molecule has 0 aliphatic carbocycles. The van der Waals surface area contributed by atoms with E-state index in [0.29, 0.717) is 26.6 Å². The van der Waals surface area contributed by atoms with E-state index in [4.69, 9.17) is 39.5 Å². The third kappa shape index (κ3) is 5.13. The maximum atomic E-state index is 5.97. The van der Waals surface area contributed by atoms with E-state index in [-0.39, 0.29) is 0 Å². The first-order chi connectivity index (χ1) is 12.1. The number of nitrogens with zero attached hydrogens (tertiary/aromatic N) is 1. The summed E-state index contributed by atoms with van der Waals surface area (Å²) in [6, 6.07) is 20.0. The van der Waals surface area contributed by atoms with Crippen molar-refractivity contribution in [2.45, 2.75) is 0 Å². The van der Waals surface area contributed by atoms with E-state index in [9.17, 15) is 0 Å². The standard InChI is InChI=1S/C19H13Cl3N2O/c20-14-4-7-16(8-5-14)25-17-3-1-2-13(10-17)12-23-24-15-6-9-18(21)19(22)11-15/h1-12,24H. The summed E-state index contributed by atoms with van der Waals surface area (Å²) < 4.78 is 5.79. The molecule has 0 atom stereocenters. The van der Waals surface area contributed by atoms with Gasteiger partial charge in [-0.25, -0.2) is 0 Å². The Balaban J connectivity index is 1.66. The topological polar surface area (TPSA) is 33.6 Å². The molecule has 6 heteroatoms. The van der Waals surface area contributed by atoms with Crippen LogP contribution in [-0.2, 0) is 0 Å². The van der Waals surface area contributed by atoms with Gasteiger partial charge >= 0.3 is 0 Å². The van der Waals surface area contributed by atoms with E-state index in [1.165, 1.54) is 0 Å². The minimum Gasteiger partial charge on any atom is -0.457 e. The normalized spacial score (nSPS) is 10.8. The lowest BCUT2D eigenvalue weighted by Gasteiger charge is -2.06. The van der Waals surface area contributed by atoms with Gasteiger partial charge in [0.1, 0.15) is 11.5 Å². The Kier molecular flexibility index (Phi) is 5.82. The van der Waals surface area contributed by atoms with Crippen molar-refractivity contribution in [3.63, 3.8) is 0 Å². The second kappa shape index (κ2) is 8.26. The molecule has 0 saturated heterocycles. The summed E-state index contributed by atoms with van der Waals surface area (Å²) in [5.41, 5.74) is 4.54. The first kappa shape index (κ1) is 17.6. The molecule has 3 nitrogen and oxygen atoms in total. The van der Waals surface area contributed by atoms with Crippen molar-refractivity contribution in [3.8, 4) is 11.5 Å². The average Bonchev–Trinajstić information content (AvgIpc) is 2.60. The van der Waals surface area contributed by atoms with Gasteiger partial charge < -0.3 is 4.74 Å². The van der Waals surface area contributed by atoms with Crippen LogP contribution >= 0.6 is 34.8 Å². The Labute approximate surface area is 160 Å². The van der Waals surface area contributed by atoms with E-state index >= 15 is 0 Å². The van der Waals surface area contributed by atoms with Gasteiger partial charge in [0.2, 0.25) is 0 Å². The Morgan fingerprint density at radius 2 is 1.60 bits per heavy atom. The fourth-order valence-electron chi connectivity index (χ4n) is 2.04. The highest BCUT2D eigenvalue weighted by atomic mass is 35.5. The van der Waals surface area contributed by atoms with Gasteiger partial charge in [-0.2, -0.15) is 5.10 Å². The van der Waals surface area contributed by atoms with Crippen molar-refractivity contribution in [3.05, 3.63) is 87.4 Å². The van der Waals surface area contributed by atoms with Gasteiger partial charge in [0.15, 0.2) is 0 Å². The molecule has 0 bridgehead atoms. The number of halogens is 3. The molecule has 1 N–H and O–H groups in total. The summed E-state index contributed by atoms with van der Waals surface area (Å²) in [7, 11) is 0. The second-order valence-corrected chi connectivity index (χ2v) is 6.38. The van der Waals surface area contributed by atoms with Crippen molar-refractivity contribution >= 4 is 46.7 Å². The number of ether oxygens (including phenoxy) is 1. The van der Waals surface area contributed by atoms with E-state index in [1.54, 1.807) is 36.5 Å². The molecule has 3 aromatic carbocycles. The van der Waals surface area contributed by atoms with E-state index < -0.39 is 0 Å². The monoisotopic (exact) mass is 390 g/mol. The molecule has 0 heterocycles. The molecule has 0 saturated carbocycles. The van der Waals surface area contributed by atoms with E-state index in [0.717, 1.165) is 11.3 Å². The molecule has 0 fully saturated rings. The molecule has 25 heavy (non-hydrogen) atoms. The lowest BCUT2D eigenvalue weighted by molar-refractivity contribution is 0.482. The minimum absolute atomic E-state index is 0.472. The summed E-state index contributed by atoms with van der Waals surface area (Å²) in [6.45, 7) is 0. The van der Waals surface area contributed by atoms with Crippen molar-refractivity contribution in [1.82, 2.24) is 0 Å². The molecular formula is C19H13Cl3N2O. The number of anilines is 1. The largest absolute Gasteiger partial charge is 0.457 e. The van der Waals surface area contributed by atoms with Gasteiger partial charge in [-0.1, -0.05) is 46.9 Å². The molecule has 0 unspecified atom stereocenters. The number of hydrogen-bond donors (Lipinski definition) is 1. The Hall–Kier alpha value is -2.20. The van der Waals surface area contributed by atoms with Gasteiger partial charge in [-0.15, -0.1) is 0 Å². The van der Waals surface area contributed by atoms with Crippen molar-refractivity contribution in [1.29, 1.82) is 0 Å². The highest BCUT2D eigenvalue weighted by molar-refractivity contribution is 6.42. The van der Waals surface area contributed by atoms with Gasteiger partial charge in [-0.3, -0.25) is 5.43 Å². The molecular weight excluding hydrogens is 379 g/mol.